The third-order valence-corrected chi connectivity index (χ3v) is 6.17. The molecule has 10 nitrogen and oxygen atoms in total. The third kappa shape index (κ3) is 5.87. The highest BCUT2D eigenvalue weighted by Crippen LogP contribution is 2.26. The first-order valence-electron chi connectivity index (χ1n) is 12.1. The summed E-state index contributed by atoms with van der Waals surface area (Å²) >= 11 is 0. The molecule has 1 aliphatic rings. The predicted molar refractivity (Wildman–Crippen MR) is 130 cm³/mol. The minimum Gasteiger partial charge on any atom is -0.497 e. The van der Waals surface area contributed by atoms with Gasteiger partial charge in [-0.1, -0.05) is 32.3 Å². The Morgan fingerprint density at radius 2 is 2.06 bits per heavy atom. The maximum Gasteiger partial charge on any atom is 0.251 e. The van der Waals surface area contributed by atoms with E-state index in [1.54, 1.807) is 37.4 Å². The molecular weight excluding hydrogens is 448 g/mol. The van der Waals surface area contributed by atoms with Crippen LogP contribution in [-0.2, 0) is 16.1 Å². The summed E-state index contributed by atoms with van der Waals surface area (Å²) in [6.07, 6.45) is 5.41. The van der Waals surface area contributed by atoms with E-state index >= 15 is 0 Å². The maximum atomic E-state index is 13.7. The number of ether oxygens (including phenoxy) is 1. The number of nitrogens with one attached hydrogen (secondary N) is 1. The number of rotatable bonds is 10. The van der Waals surface area contributed by atoms with Crippen LogP contribution in [-0.4, -0.2) is 51.2 Å². The first-order valence-corrected chi connectivity index (χ1v) is 12.1. The summed E-state index contributed by atoms with van der Waals surface area (Å²) in [5.74, 6) is 1.63. The quantitative estimate of drug-likeness (QED) is 0.472. The third-order valence-electron chi connectivity index (χ3n) is 6.17. The van der Waals surface area contributed by atoms with Crippen LogP contribution >= 0.6 is 0 Å². The van der Waals surface area contributed by atoms with Gasteiger partial charge in [-0.15, -0.1) is 10.2 Å². The van der Waals surface area contributed by atoms with E-state index in [2.05, 4.69) is 20.7 Å². The number of hydrogen-bond donors (Lipinski definition) is 1. The van der Waals surface area contributed by atoms with Crippen molar-refractivity contribution in [3.05, 3.63) is 42.2 Å². The van der Waals surface area contributed by atoms with Crippen molar-refractivity contribution in [3.63, 3.8) is 0 Å². The number of furan rings is 1. The highest BCUT2D eigenvalue weighted by molar-refractivity contribution is 6.00. The number of aryl methyl sites for hydroxylation is 1. The van der Waals surface area contributed by atoms with Crippen molar-refractivity contribution in [2.45, 2.75) is 71.0 Å². The normalized spacial score (nSPS) is 14.6. The Labute approximate surface area is 204 Å². The second kappa shape index (κ2) is 11.2. The van der Waals surface area contributed by atoms with E-state index in [0.29, 0.717) is 29.4 Å². The molecule has 2 amide bonds. The number of aromatic nitrogens is 4. The highest BCUT2D eigenvalue weighted by atomic mass is 16.5. The molecule has 1 aliphatic carbocycles. The number of methoxy groups -OCH3 is 1. The fourth-order valence-electron chi connectivity index (χ4n) is 4.44. The summed E-state index contributed by atoms with van der Waals surface area (Å²) in [5, 5.41) is 15.5. The van der Waals surface area contributed by atoms with Gasteiger partial charge in [-0.3, -0.25) is 14.5 Å². The molecule has 1 aromatic carbocycles. The van der Waals surface area contributed by atoms with Gasteiger partial charge in [0.25, 0.3) is 5.91 Å². The molecule has 10 heteroatoms. The summed E-state index contributed by atoms with van der Waals surface area (Å²) in [6.45, 7) is 3.65. The van der Waals surface area contributed by atoms with E-state index in [4.69, 9.17) is 9.15 Å². The smallest absolute Gasteiger partial charge is 0.251 e. The Kier molecular flexibility index (Phi) is 7.79. The average molecular weight is 481 g/mol. The van der Waals surface area contributed by atoms with Gasteiger partial charge in [0, 0.05) is 17.8 Å². The Balaban J connectivity index is 1.61. The molecular formula is C25H32N6O4. The van der Waals surface area contributed by atoms with Crippen LogP contribution in [0.25, 0.3) is 11.6 Å². The fraction of sp³-hybridized carbons (Fsp3) is 0.480. The zero-order chi connectivity index (χ0) is 24.8. The van der Waals surface area contributed by atoms with Crippen LogP contribution in [0, 0.1) is 6.92 Å². The van der Waals surface area contributed by atoms with Crippen molar-refractivity contribution in [2.75, 3.05) is 12.0 Å². The lowest BCUT2D eigenvalue weighted by atomic mass is 10.1. The van der Waals surface area contributed by atoms with E-state index in [1.807, 2.05) is 19.9 Å². The topological polar surface area (TPSA) is 115 Å². The molecule has 35 heavy (non-hydrogen) atoms. The number of amides is 2. The molecule has 0 spiro atoms. The number of benzene rings is 1. The van der Waals surface area contributed by atoms with E-state index in [0.717, 1.165) is 37.9 Å². The van der Waals surface area contributed by atoms with Crippen molar-refractivity contribution < 1.29 is 18.7 Å². The molecule has 3 aromatic rings. The molecule has 1 atom stereocenters. The standard InChI is InChI=1S/C25H32N6O4/c1-4-8-21(25(33)26-18-9-5-6-10-18)31(19-11-7-12-20(15-19)34-3)23(32)16-30-28-24(27-29-30)22-14-13-17(2)35-22/h7,11-15,18,21H,4-6,8-10,16H2,1-3H3,(H,26,33). The predicted octanol–water partition coefficient (Wildman–Crippen LogP) is 3.51. The van der Waals surface area contributed by atoms with Crippen LogP contribution in [0.3, 0.4) is 0 Å². The molecule has 0 radical (unpaired) electrons. The summed E-state index contributed by atoms with van der Waals surface area (Å²) in [5.41, 5.74) is 0.580. The van der Waals surface area contributed by atoms with Crippen LogP contribution in [0.1, 0.15) is 51.2 Å². The minimum atomic E-state index is -0.670. The Morgan fingerprint density at radius 3 is 2.74 bits per heavy atom. The van der Waals surface area contributed by atoms with Crippen LogP contribution in [0.5, 0.6) is 5.75 Å². The minimum absolute atomic E-state index is 0.145. The summed E-state index contributed by atoms with van der Waals surface area (Å²) in [7, 11) is 1.57. The molecule has 186 valence electrons. The zero-order valence-corrected chi connectivity index (χ0v) is 20.4. The lowest BCUT2D eigenvalue weighted by Crippen LogP contribution is -2.52. The van der Waals surface area contributed by atoms with Gasteiger partial charge in [0.05, 0.1) is 7.11 Å². The molecule has 1 fully saturated rings. The van der Waals surface area contributed by atoms with Crippen molar-refractivity contribution >= 4 is 17.5 Å². The van der Waals surface area contributed by atoms with Crippen LogP contribution < -0.4 is 15.0 Å². The first kappa shape index (κ1) is 24.4. The monoisotopic (exact) mass is 480 g/mol. The number of hydrogen-bond acceptors (Lipinski definition) is 7. The molecule has 0 aliphatic heterocycles. The number of anilines is 1. The lowest BCUT2D eigenvalue weighted by molar-refractivity contribution is -0.127. The average Bonchev–Trinajstić information content (AvgIpc) is 3.62. The molecule has 1 saturated carbocycles. The van der Waals surface area contributed by atoms with Crippen LogP contribution in [0.2, 0.25) is 0 Å². The second-order valence-corrected chi connectivity index (χ2v) is 8.81. The summed E-state index contributed by atoms with van der Waals surface area (Å²) in [6, 6.07) is 10.2. The Hall–Kier alpha value is -3.69. The van der Waals surface area contributed by atoms with Gasteiger partial charge in [-0.05, 0) is 55.7 Å². The van der Waals surface area contributed by atoms with Gasteiger partial charge < -0.3 is 14.5 Å². The van der Waals surface area contributed by atoms with Crippen molar-refractivity contribution in [2.24, 2.45) is 0 Å². The van der Waals surface area contributed by atoms with Crippen molar-refractivity contribution in [1.29, 1.82) is 0 Å². The largest absolute Gasteiger partial charge is 0.497 e. The van der Waals surface area contributed by atoms with E-state index in [-0.39, 0.29) is 24.4 Å². The molecule has 0 bridgehead atoms. The zero-order valence-electron chi connectivity index (χ0n) is 20.4. The maximum absolute atomic E-state index is 13.7. The van der Waals surface area contributed by atoms with Crippen molar-refractivity contribution in [1.82, 2.24) is 25.5 Å². The molecule has 4 rings (SSSR count). The van der Waals surface area contributed by atoms with E-state index < -0.39 is 6.04 Å². The molecule has 1 N–H and O–H groups in total. The molecule has 1 unspecified atom stereocenters. The number of nitrogens with zero attached hydrogens (tertiary/aromatic N) is 5. The lowest BCUT2D eigenvalue weighted by Gasteiger charge is -2.32. The number of carbonyl (C=O) groups is 2. The Bertz CT molecular complexity index is 1150. The van der Waals surface area contributed by atoms with Gasteiger partial charge in [0.2, 0.25) is 11.7 Å². The fourth-order valence-corrected chi connectivity index (χ4v) is 4.44. The Morgan fingerprint density at radius 1 is 1.26 bits per heavy atom. The van der Waals surface area contributed by atoms with Gasteiger partial charge in [-0.2, -0.15) is 4.80 Å². The van der Waals surface area contributed by atoms with E-state index in [1.165, 1.54) is 9.70 Å². The highest BCUT2D eigenvalue weighted by Gasteiger charge is 2.33. The van der Waals surface area contributed by atoms with Crippen LogP contribution in [0.15, 0.2) is 40.8 Å². The van der Waals surface area contributed by atoms with Crippen molar-refractivity contribution in [3.8, 4) is 17.3 Å². The number of carbonyl (C=O) groups excluding carboxylic acids is 2. The number of tetrazole rings is 1. The van der Waals surface area contributed by atoms with Gasteiger partial charge in [-0.25, -0.2) is 0 Å². The SMILES string of the molecule is CCCC(C(=O)NC1CCCC1)N(C(=O)Cn1nnc(-c2ccc(C)o2)n1)c1cccc(OC)c1. The first-order chi connectivity index (χ1) is 17.0. The van der Waals surface area contributed by atoms with Gasteiger partial charge in [0.1, 0.15) is 24.1 Å². The van der Waals surface area contributed by atoms with E-state index in [9.17, 15) is 9.59 Å². The van der Waals surface area contributed by atoms with Gasteiger partial charge in [0.15, 0.2) is 5.76 Å². The summed E-state index contributed by atoms with van der Waals surface area (Å²) < 4.78 is 10.9. The molecule has 2 aromatic heterocycles. The second-order valence-electron chi connectivity index (χ2n) is 8.81. The van der Waals surface area contributed by atoms with Crippen LogP contribution in [0.4, 0.5) is 5.69 Å². The molecule has 2 heterocycles. The van der Waals surface area contributed by atoms with Gasteiger partial charge >= 0.3 is 0 Å². The molecule has 0 saturated heterocycles. The summed E-state index contributed by atoms with van der Waals surface area (Å²) in [4.78, 5) is 29.8.